The molecule has 0 saturated carbocycles. The van der Waals surface area contributed by atoms with Crippen molar-refractivity contribution < 1.29 is 8.78 Å². The summed E-state index contributed by atoms with van der Waals surface area (Å²) in [6.45, 7) is 5.14. The summed E-state index contributed by atoms with van der Waals surface area (Å²) in [5.41, 5.74) is 0.335. The highest BCUT2D eigenvalue weighted by Crippen LogP contribution is 2.08. The van der Waals surface area contributed by atoms with E-state index in [-0.39, 0.29) is 6.42 Å². The molecule has 0 bridgehead atoms. The Labute approximate surface area is 58.5 Å². The van der Waals surface area contributed by atoms with Crippen LogP contribution in [0.1, 0.15) is 5.56 Å². The molecule has 0 spiro atoms. The average Bonchev–Trinajstić information content (AvgIpc) is 1.88. The van der Waals surface area contributed by atoms with E-state index in [1.54, 1.807) is 0 Å². The molecule has 10 heavy (non-hydrogen) atoms. The van der Waals surface area contributed by atoms with E-state index in [0.717, 1.165) is 6.07 Å². The molecule has 0 nitrogen and oxygen atoms in total. The van der Waals surface area contributed by atoms with Gasteiger partial charge in [-0.05, 0) is 25.0 Å². The Morgan fingerprint density at radius 2 is 2.00 bits per heavy atom. The second kappa shape index (κ2) is 2.78. The number of benzene rings is 1. The standard InChI is InChI=1S/C8H6F2/c1-2-6-3-4-7(9)5-8(6)10/h1,3-5H,2H2. The normalized spacial score (nSPS) is 9.90. The summed E-state index contributed by atoms with van der Waals surface area (Å²) in [6.07, 6.45) is 0.103. The maximum Gasteiger partial charge on any atom is 0.129 e. The fraction of sp³-hybridized carbons (Fsp3) is 0.125. The third-order valence-corrected chi connectivity index (χ3v) is 1.24. The average molecular weight is 140 g/mol. The Morgan fingerprint density at radius 1 is 1.30 bits per heavy atom. The quantitative estimate of drug-likeness (QED) is 0.561. The van der Waals surface area contributed by atoms with Gasteiger partial charge >= 0.3 is 0 Å². The van der Waals surface area contributed by atoms with Crippen molar-refractivity contribution in [1.29, 1.82) is 0 Å². The second-order valence-electron chi connectivity index (χ2n) is 1.94. The van der Waals surface area contributed by atoms with Crippen LogP contribution >= 0.6 is 0 Å². The van der Waals surface area contributed by atoms with E-state index in [9.17, 15) is 8.78 Å². The third kappa shape index (κ3) is 1.32. The van der Waals surface area contributed by atoms with Gasteiger partial charge in [0.15, 0.2) is 0 Å². The summed E-state index contributed by atoms with van der Waals surface area (Å²) in [5, 5.41) is 0. The Kier molecular flexibility index (Phi) is 2.00. The number of rotatable bonds is 1. The minimum atomic E-state index is -0.581. The molecule has 0 aliphatic heterocycles. The molecule has 0 aliphatic carbocycles. The monoisotopic (exact) mass is 140 g/mol. The van der Waals surface area contributed by atoms with Crippen LogP contribution in [-0.2, 0) is 6.42 Å². The molecule has 0 saturated heterocycles. The second-order valence-corrected chi connectivity index (χ2v) is 1.94. The zero-order valence-electron chi connectivity index (χ0n) is 5.27. The fourth-order valence-corrected chi connectivity index (χ4v) is 0.687. The summed E-state index contributed by atoms with van der Waals surface area (Å²) in [4.78, 5) is 0. The van der Waals surface area contributed by atoms with Crippen LogP contribution in [0, 0.1) is 18.6 Å². The Morgan fingerprint density at radius 3 is 2.50 bits per heavy atom. The van der Waals surface area contributed by atoms with Crippen molar-refractivity contribution in [2.75, 3.05) is 0 Å². The summed E-state index contributed by atoms with van der Waals surface area (Å²) in [7, 11) is 0. The lowest BCUT2D eigenvalue weighted by atomic mass is 10.1. The molecular formula is C8H6F2. The highest BCUT2D eigenvalue weighted by Gasteiger charge is 1.99. The van der Waals surface area contributed by atoms with Gasteiger partial charge < -0.3 is 0 Å². The topological polar surface area (TPSA) is 0 Å². The molecule has 2 radical (unpaired) electrons. The SMILES string of the molecule is [CH]Cc1ccc(F)cc1F. The van der Waals surface area contributed by atoms with Crippen molar-refractivity contribution in [1.82, 2.24) is 0 Å². The zero-order chi connectivity index (χ0) is 7.56. The molecule has 0 aromatic heterocycles. The molecule has 0 atom stereocenters. The molecule has 2 heteroatoms. The van der Waals surface area contributed by atoms with Gasteiger partial charge in [-0.3, -0.25) is 0 Å². The first-order chi connectivity index (χ1) is 4.74. The van der Waals surface area contributed by atoms with E-state index in [4.69, 9.17) is 6.92 Å². The van der Waals surface area contributed by atoms with Crippen LogP contribution in [0.25, 0.3) is 0 Å². The van der Waals surface area contributed by atoms with Crippen LogP contribution in [0.4, 0.5) is 8.78 Å². The molecule has 0 heterocycles. The molecule has 1 aromatic rings. The lowest BCUT2D eigenvalue weighted by Gasteiger charge is -1.96. The van der Waals surface area contributed by atoms with Gasteiger partial charge in [-0.25, -0.2) is 8.78 Å². The summed E-state index contributed by atoms with van der Waals surface area (Å²) in [5.74, 6) is -1.16. The summed E-state index contributed by atoms with van der Waals surface area (Å²) >= 11 is 0. The number of hydrogen-bond donors (Lipinski definition) is 0. The van der Waals surface area contributed by atoms with Gasteiger partial charge in [0, 0.05) is 6.07 Å². The van der Waals surface area contributed by atoms with Crippen LogP contribution in [0.5, 0.6) is 0 Å². The van der Waals surface area contributed by atoms with Crippen LogP contribution in [0.15, 0.2) is 18.2 Å². The first-order valence-electron chi connectivity index (χ1n) is 2.88. The third-order valence-electron chi connectivity index (χ3n) is 1.24. The maximum atomic E-state index is 12.5. The minimum absolute atomic E-state index is 0.103. The smallest absolute Gasteiger partial charge is 0.129 e. The van der Waals surface area contributed by atoms with Crippen LogP contribution in [0.2, 0.25) is 0 Å². The van der Waals surface area contributed by atoms with Gasteiger partial charge in [-0.1, -0.05) is 6.07 Å². The van der Waals surface area contributed by atoms with E-state index in [2.05, 4.69) is 0 Å². The molecule has 1 rings (SSSR count). The first-order valence-corrected chi connectivity index (χ1v) is 2.88. The van der Waals surface area contributed by atoms with Crippen LogP contribution in [-0.4, -0.2) is 0 Å². The lowest BCUT2D eigenvalue weighted by molar-refractivity contribution is 0.575. The van der Waals surface area contributed by atoms with E-state index >= 15 is 0 Å². The van der Waals surface area contributed by atoms with Crippen molar-refractivity contribution in [3.63, 3.8) is 0 Å². The maximum absolute atomic E-state index is 12.5. The lowest BCUT2D eigenvalue weighted by Crippen LogP contribution is -1.87. The van der Waals surface area contributed by atoms with Crippen molar-refractivity contribution in [2.45, 2.75) is 6.42 Å². The van der Waals surface area contributed by atoms with E-state index in [1.165, 1.54) is 12.1 Å². The Bertz CT molecular complexity index is 231. The van der Waals surface area contributed by atoms with E-state index < -0.39 is 11.6 Å². The molecule has 0 aliphatic rings. The molecule has 0 unspecified atom stereocenters. The largest absolute Gasteiger partial charge is 0.207 e. The van der Waals surface area contributed by atoms with Gasteiger partial charge in [-0.15, -0.1) is 0 Å². The summed E-state index contributed by atoms with van der Waals surface area (Å²) in [6, 6.07) is 3.35. The molecule has 52 valence electrons. The fourth-order valence-electron chi connectivity index (χ4n) is 0.687. The molecular weight excluding hydrogens is 134 g/mol. The van der Waals surface area contributed by atoms with Gasteiger partial charge in [0.1, 0.15) is 11.6 Å². The molecule has 0 N–H and O–H groups in total. The van der Waals surface area contributed by atoms with Gasteiger partial charge in [0.05, 0.1) is 0 Å². The molecule has 0 amide bonds. The van der Waals surface area contributed by atoms with Crippen molar-refractivity contribution in [2.24, 2.45) is 0 Å². The zero-order valence-corrected chi connectivity index (χ0v) is 5.27. The van der Waals surface area contributed by atoms with Gasteiger partial charge in [0.2, 0.25) is 0 Å². The van der Waals surface area contributed by atoms with Crippen LogP contribution < -0.4 is 0 Å². The predicted molar refractivity (Wildman–Crippen MR) is 34.4 cm³/mol. The Hall–Kier alpha value is -0.920. The highest BCUT2D eigenvalue weighted by molar-refractivity contribution is 5.18. The van der Waals surface area contributed by atoms with Gasteiger partial charge in [0.25, 0.3) is 0 Å². The number of hydrogen-bond acceptors (Lipinski definition) is 0. The first kappa shape index (κ1) is 7.19. The minimum Gasteiger partial charge on any atom is -0.207 e. The van der Waals surface area contributed by atoms with Gasteiger partial charge in [-0.2, -0.15) is 0 Å². The Balaban J connectivity index is 3.07. The van der Waals surface area contributed by atoms with E-state index in [0.29, 0.717) is 5.56 Å². The predicted octanol–water partition coefficient (Wildman–Crippen LogP) is 2.22. The van der Waals surface area contributed by atoms with E-state index in [1.807, 2.05) is 0 Å². The highest BCUT2D eigenvalue weighted by atomic mass is 19.1. The number of halogens is 2. The van der Waals surface area contributed by atoms with Crippen molar-refractivity contribution in [3.05, 3.63) is 42.3 Å². The molecule has 0 fully saturated rings. The van der Waals surface area contributed by atoms with Crippen molar-refractivity contribution in [3.8, 4) is 0 Å². The van der Waals surface area contributed by atoms with Crippen molar-refractivity contribution >= 4 is 0 Å². The molecule has 1 aromatic carbocycles. The van der Waals surface area contributed by atoms with Crippen LogP contribution in [0.3, 0.4) is 0 Å². The summed E-state index contributed by atoms with van der Waals surface area (Å²) < 4.78 is 24.7.